The molecule has 0 spiro atoms. The molecule has 0 atom stereocenters. The van der Waals surface area contributed by atoms with Gasteiger partial charge < -0.3 is 9.88 Å². The lowest BCUT2D eigenvalue weighted by molar-refractivity contribution is 0.751. The van der Waals surface area contributed by atoms with Crippen molar-refractivity contribution in [2.45, 2.75) is 17.2 Å². The van der Waals surface area contributed by atoms with E-state index in [1.54, 1.807) is 12.5 Å². The van der Waals surface area contributed by atoms with Crippen molar-refractivity contribution >= 4 is 17.7 Å². The highest BCUT2D eigenvalue weighted by Crippen LogP contribution is 2.23. The van der Waals surface area contributed by atoms with Crippen LogP contribution in [-0.4, -0.2) is 45.8 Å². The second kappa shape index (κ2) is 5.87. The molecule has 108 valence electrons. The highest BCUT2D eigenvalue weighted by atomic mass is 32.2. The fourth-order valence-corrected chi connectivity index (χ4v) is 2.32. The second-order valence-corrected chi connectivity index (χ2v) is 4.97. The van der Waals surface area contributed by atoms with Crippen LogP contribution in [0.15, 0.2) is 35.4 Å². The van der Waals surface area contributed by atoms with Gasteiger partial charge in [-0.3, -0.25) is 0 Å². The summed E-state index contributed by atoms with van der Waals surface area (Å²) in [6.07, 6.45) is 6.57. The van der Waals surface area contributed by atoms with Gasteiger partial charge in [-0.15, -0.1) is 0 Å². The van der Waals surface area contributed by atoms with Crippen molar-refractivity contribution in [3.8, 4) is 5.95 Å². The third-order valence-corrected chi connectivity index (χ3v) is 3.46. The predicted octanol–water partition coefficient (Wildman–Crippen LogP) is 0.769. The lowest BCUT2D eigenvalue weighted by Gasteiger charge is -2.06. The van der Waals surface area contributed by atoms with E-state index in [9.17, 15) is 0 Å². The molecule has 0 amide bonds. The minimum atomic E-state index is 0.412. The van der Waals surface area contributed by atoms with Crippen LogP contribution in [0.3, 0.4) is 0 Å². The molecule has 1 N–H and O–H groups in total. The molecule has 0 aromatic carbocycles. The van der Waals surface area contributed by atoms with Gasteiger partial charge in [0.05, 0.1) is 0 Å². The van der Waals surface area contributed by atoms with Crippen molar-refractivity contribution in [3.05, 3.63) is 25.0 Å². The molecule has 0 fully saturated rings. The summed E-state index contributed by atoms with van der Waals surface area (Å²) in [5.74, 6) is 0.907. The van der Waals surface area contributed by atoms with Crippen molar-refractivity contribution in [2.75, 3.05) is 11.9 Å². The Morgan fingerprint density at radius 1 is 1.29 bits per heavy atom. The van der Waals surface area contributed by atoms with Crippen LogP contribution < -0.4 is 5.32 Å². The van der Waals surface area contributed by atoms with E-state index < -0.39 is 0 Å². The number of rotatable bonds is 5. The number of nitrogens with one attached hydrogen (secondary N) is 1. The largest absolute Gasteiger partial charge is 0.354 e. The quantitative estimate of drug-likeness (QED) is 0.738. The Labute approximate surface area is 124 Å². The maximum absolute atomic E-state index is 4.38. The van der Waals surface area contributed by atoms with E-state index in [1.165, 1.54) is 22.8 Å². The monoisotopic (exact) mass is 303 g/mol. The number of hydrogen-bond donors (Lipinski definition) is 1. The van der Waals surface area contributed by atoms with Crippen LogP contribution in [0.25, 0.3) is 5.95 Å². The van der Waals surface area contributed by atoms with Crippen LogP contribution in [0.5, 0.6) is 0 Å². The summed E-state index contributed by atoms with van der Waals surface area (Å²) < 4.78 is 3.39. The van der Waals surface area contributed by atoms with Crippen molar-refractivity contribution in [2.24, 2.45) is 7.05 Å². The third-order valence-electron chi connectivity index (χ3n) is 2.52. The SMILES string of the molecule is CCNc1nc(Sc2nccn2C)nc(-n2cncn2)n1. The Morgan fingerprint density at radius 2 is 2.19 bits per heavy atom. The highest BCUT2D eigenvalue weighted by Gasteiger charge is 2.11. The zero-order chi connectivity index (χ0) is 14.7. The van der Waals surface area contributed by atoms with E-state index >= 15 is 0 Å². The molecule has 0 radical (unpaired) electrons. The summed E-state index contributed by atoms with van der Waals surface area (Å²) in [4.78, 5) is 21.2. The first kappa shape index (κ1) is 13.5. The zero-order valence-corrected chi connectivity index (χ0v) is 12.3. The maximum atomic E-state index is 4.38. The first-order valence-electron chi connectivity index (χ1n) is 6.26. The summed E-state index contributed by atoms with van der Waals surface area (Å²) in [6, 6.07) is 0. The lowest BCUT2D eigenvalue weighted by atomic mass is 10.7. The normalized spacial score (nSPS) is 10.8. The van der Waals surface area contributed by atoms with E-state index in [1.807, 2.05) is 24.7 Å². The van der Waals surface area contributed by atoms with Gasteiger partial charge in [-0.25, -0.2) is 9.97 Å². The van der Waals surface area contributed by atoms with Crippen LogP contribution in [0.1, 0.15) is 6.92 Å². The lowest BCUT2D eigenvalue weighted by Crippen LogP contribution is -2.10. The fourth-order valence-electron chi connectivity index (χ4n) is 1.57. The molecular formula is C11H13N9S. The molecule has 3 aromatic rings. The predicted molar refractivity (Wildman–Crippen MR) is 76.2 cm³/mol. The van der Waals surface area contributed by atoms with E-state index in [0.717, 1.165) is 5.16 Å². The summed E-state index contributed by atoms with van der Waals surface area (Å²) >= 11 is 1.36. The summed E-state index contributed by atoms with van der Waals surface area (Å²) in [6.45, 7) is 2.69. The van der Waals surface area contributed by atoms with Crippen LogP contribution in [0, 0.1) is 0 Å². The molecule has 0 bridgehead atoms. The van der Waals surface area contributed by atoms with Gasteiger partial charge in [-0.2, -0.15) is 24.7 Å². The molecule has 21 heavy (non-hydrogen) atoms. The first-order chi connectivity index (χ1) is 10.3. The van der Waals surface area contributed by atoms with Crippen LogP contribution in [0.4, 0.5) is 5.95 Å². The molecule has 9 nitrogen and oxygen atoms in total. The number of anilines is 1. The van der Waals surface area contributed by atoms with Crippen molar-refractivity contribution in [1.29, 1.82) is 0 Å². The Hall–Kier alpha value is -2.49. The van der Waals surface area contributed by atoms with Crippen molar-refractivity contribution in [3.63, 3.8) is 0 Å². The Morgan fingerprint density at radius 3 is 2.86 bits per heavy atom. The zero-order valence-electron chi connectivity index (χ0n) is 11.5. The van der Waals surface area contributed by atoms with Gasteiger partial charge in [-0.05, 0) is 18.7 Å². The summed E-state index contributed by atoms with van der Waals surface area (Å²) in [5, 5.41) is 8.46. The second-order valence-electron chi connectivity index (χ2n) is 4.03. The van der Waals surface area contributed by atoms with Gasteiger partial charge in [0.1, 0.15) is 12.7 Å². The number of hydrogen-bond acceptors (Lipinski definition) is 8. The standard InChI is InChI=1S/C11H13N9S/c1-3-13-8-16-9(20-7-12-6-15-20)18-10(17-8)21-11-14-4-5-19(11)2/h4-7H,3H2,1-2H3,(H,13,16,17,18). The average molecular weight is 303 g/mol. The maximum Gasteiger partial charge on any atom is 0.257 e. The topological polar surface area (TPSA) is 99.2 Å². The molecule has 0 unspecified atom stereocenters. The minimum absolute atomic E-state index is 0.412. The molecule has 3 rings (SSSR count). The Balaban J connectivity index is 1.97. The van der Waals surface area contributed by atoms with E-state index in [-0.39, 0.29) is 0 Å². The van der Waals surface area contributed by atoms with E-state index in [2.05, 4.69) is 35.3 Å². The Kier molecular flexibility index (Phi) is 3.77. The van der Waals surface area contributed by atoms with Gasteiger partial charge in [0, 0.05) is 26.0 Å². The molecule has 0 saturated carbocycles. The molecule has 0 aliphatic carbocycles. The molecule has 3 aromatic heterocycles. The first-order valence-corrected chi connectivity index (χ1v) is 7.08. The highest BCUT2D eigenvalue weighted by molar-refractivity contribution is 7.99. The minimum Gasteiger partial charge on any atom is -0.354 e. The molecule has 10 heteroatoms. The van der Waals surface area contributed by atoms with Gasteiger partial charge in [0.2, 0.25) is 11.1 Å². The number of nitrogens with zero attached hydrogens (tertiary/aromatic N) is 8. The number of imidazole rings is 1. The van der Waals surface area contributed by atoms with Gasteiger partial charge in [0.25, 0.3) is 5.95 Å². The average Bonchev–Trinajstić information content (AvgIpc) is 3.12. The van der Waals surface area contributed by atoms with Gasteiger partial charge >= 0.3 is 0 Å². The summed E-state index contributed by atoms with van der Waals surface area (Å²) in [5.41, 5.74) is 0. The van der Waals surface area contributed by atoms with Crippen molar-refractivity contribution in [1.82, 2.24) is 39.3 Å². The fraction of sp³-hybridized carbons (Fsp3) is 0.273. The summed E-state index contributed by atoms with van der Waals surface area (Å²) in [7, 11) is 1.92. The van der Waals surface area contributed by atoms with Crippen molar-refractivity contribution < 1.29 is 0 Å². The van der Waals surface area contributed by atoms with Crippen LogP contribution in [0.2, 0.25) is 0 Å². The van der Waals surface area contributed by atoms with Crippen LogP contribution >= 0.6 is 11.8 Å². The smallest absolute Gasteiger partial charge is 0.257 e. The molecule has 0 aliphatic heterocycles. The number of aryl methyl sites for hydroxylation is 1. The van der Waals surface area contributed by atoms with E-state index in [0.29, 0.717) is 23.6 Å². The third kappa shape index (κ3) is 2.99. The van der Waals surface area contributed by atoms with Gasteiger partial charge in [0.15, 0.2) is 5.16 Å². The van der Waals surface area contributed by atoms with E-state index in [4.69, 9.17) is 0 Å². The number of aromatic nitrogens is 8. The van der Waals surface area contributed by atoms with Gasteiger partial charge in [-0.1, -0.05) is 0 Å². The Bertz CT molecular complexity index is 721. The van der Waals surface area contributed by atoms with Crippen LogP contribution in [-0.2, 0) is 7.05 Å². The molecule has 0 aliphatic rings. The molecular weight excluding hydrogens is 290 g/mol. The molecule has 0 saturated heterocycles. The molecule has 3 heterocycles.